The number of alkyl halides is 3. The third kappa shape index (κ3) is 2.57. The van der Waals surface area contributed by atoms with Gasteiger partial charge in [0.2, 0.25) is 5.91 Å². The van der Waals surface area contributed by atoms with Crippen molar-refractivity contribution in [3.8, 4) is 0 Å². The van der Waals surface area contributed by atoms with Gasteiger partial charge in [0, 0.05) is 31.6 Å². The van der Waals surface area contributed by atoms with Crippen LogP contribution in [0.3, 0.4) is 0 Å². The Labute approximate surface area is 173 Å². The summed E-state index contributed by atoms with van der Waals surface area (Å²) in [5.41, 5.74) is 1.06. The van der Waals surface area contributed by atoms with Crippen molar-refractivity contribution in [2.24, 2.45) is 10.8 Å². The topological polar surface area (TPSA) is 36.4 Å². The summed E-state index contributed by atoms with van der Waals surface area (Å²) in [6, 6.07) is 1.83. The van der Waals surface area contributed by atoms with Gasteiger partial charge in [0.1, 0.15) is 10.9 Å². The minimum absolute atomic E-state index is 0.0857. The number of carbonyl (C=O) groups excluding carboxylic acids is 1. The lowest BCUT2D eigenvalue weighted by Crippen LogP contribution is -2.62. The Morgan fingerprint density at radius 1 is 1.18 bits per heavy atom. The molecule has 0 bridgehead atoms. The number of nitrogens with zero attached hydrogens (tertiary/aromatic N) is 3. The first-order valence-corrected chi connectivity index (χ1v) is 10.6. The summed E-state index contributed by atoms with van der Waals surface area (Å²) in [5, 5.41) is 0.861. The minimum atomic E-state index is -4.45. The van der Waals surface area contributed by atoms with E-state index in [9.17, 15) is 18.0 Å². The molecule has 1 amide bonds. The second kappa shape index (κ2) is 5.89. The SMILES string of the molecule is O=C(N1CC2(CCN(c3cc(Cl)c(Cl)c4ncsc34)C2)C1)C1(C(F)(F)F)CC1. The number of fused-ring (bicyclic) bond motifs is 1. The Morgan fingerprint density at radius 3 is 2.54 bits per heavy atom. The Morgan fingerprint density at radius 2 is 1.89 bits per heavy atom. The first-order valence-electron chi connectivity index (χ1n) is 8.98. The maximum absolute atomic E-state index is 13.2. The Bertz CT molecular complexity index is 982. The number of amides is 1. The highest BCUT2D eigenvalue weighted by Gasteiger charge is 2.70. The summed E-state index contributed by atoms with van der Waals surface area (Å²) in [6.45, 7) is 2.21. The van der Waals surface area contributed by atoms with Crippen LogP contribution in [0.4, 0.5) is 18.9 Å². The quantitative estimate of drug-likeness (QED) is 0.648. The Balaban J connectivity index is 1.33. The molecule has 3 fully saturated rings. The van der Waals surface area contributed by atoms with Gasteiger partial charge in [-0.2, -0.15) is 13.2 Å². The first-order chi connectivity index (χ1) is 13.2. The lowest BCUT2D eigenvalue weighted by atomic mass is 9.78. The van der Waals surface area contributed by atoms with Gasteiger partial charge in [-0.05, 0) is 25.3 Å². The van der Waals surface area contributed by atoms with Gasteiger partial charge >= 0.3 is 6.18 Å². The van der Waals surface area contributed by atoms with E-state index in [1.54, 1.807) is 5.51 Å². The maximum atomic E-state index is 13.2. The van der Waals surface area contributed by atoms with Gasteiger partial charge in [0.25, 0.3) is 0 Å². The average molecular weight is 450 g/mol. The van der Waals surface area contributed by atoms with Crippen LogP contribution in [-0.2, 0) is 4.79 Å². The van der Waals surface area contributed by atoms with Crippen LogP contribution >= 0.6 is 34.5 Å². The first kappa shape index (κ1) is 18.8. The largest absolute Gasteiger partial charge is 0.403 e. The van der Waals surface area contributed by atoms with Crippen molar-refractivity contribution >= 4 is 56.3 Å². The zero-order valence-corrected chi connectivity index (χ0v) is 17.0. The number of hydrogen-bond donors (Lipinski definition) is 0. The monoisotopic (exact) mass is 449 g/mol. The number of halogens is 5. The molecule has 0 N–H and O–H groups in total. The zero-order chi connectivity index (χ0) is 19.9. The van der Waals surface area contributed by atoms with E-state index in [4.69, 9.17) is 23.2 Å². The van der Waals surface area contributed by atoms with Crippen molar-refractivity contribution in [3.05, 3.63) is 21.6 Å². The number of anilines is 1. The predicted octanol–water partition coefficient (Wildman–Crippen LogP) is 4.98. The summed E-state index contributed by atoms with van der Waals surface area (Å²) in [6.07, 6.45) is -3.79. The molecule has 3 heterocycles. The zero-order valence-electron chi connectivity index (χ0n) is 14.7. The molecule has 10 heteroatoms. The van der Waals surface area contributed by atoms with Gasteiger partial charge in [-0.3, -0.25) is 4.79 Å². The summed E-state index contributed by atoms with van der Waals surface area (Å²) in [4.78, 5) is 20.3. The minimum Gasteiger partial charge on any atom is -0.370 e. The standard InChI is InChI=1S/C18H16Cl2F3N3OS/c19-10-5-11(14-13(12(10)20)24-9-28-14)25-4-3-16(6-25)7-26(8-16)15(27)17(1-2-17)18(21,22)23/h5,9H,1-4,6-8H2. The molecule has 3 aliphatic rings. The molecule has 0 atom stereocenters. The molecular weight excluding hydrogens is 434 g/mol. The maximum Gasteiger partial charge on any atom is 0.403 e. The second-order valence-corrected chi connectivity index (χ2v) is 9.77. The number of thiazole rings is 1. The number of rotatable bonds is 2. The van der Waals surface area contributed by atoms with E-state index in [1.807, 2.05) is 6.07 Å². The van der Waals surface area contributed by atoms with Crippen molar-refractivity contribution in [1.29, 1.82) is 0 Å². The van der Waals surface area contributed by atoms with E-state index < -0.39 is 17.5 Å². The highest BCUT2D eigenvalue weighted by molar-refractivity contribution is 7.17. The van der Waals surface area contributed by atoms with Crippen LogP contribution in [0.5, 0.6) is 0 Å². The van der Waals surface area contributed by atoms with Crippen LogP contribution in [0.15, 0.2) is 11.6 Å². The van der Waals surface area contributed by atoms with Gasteiger partial charge in [-0.15, -0.1) is 11.3 Å². The average Bonchev–Trinajstić information content (AvgIpc) is 3.09. The predicted molar refractivity (Wildman–Crippen MR) is 103 cm³/mol. The number of benzene rings is 1. The number of aromatic nitrogens is 1. The lowest BCUT2D eigenvalue weighted by molar-refractivity contribution is -0.204. The third-order valence-electron chi connectivity index (χ3n) is 6.30. The van der Waals surface area contributed by atoms with Crippen LogP contribution in [0.25, 0.3) is 10.2 Å². The molecule has 0 radical (unpaired) electrons. The lowest BCUT2D eigenvalue weighted by Gasteiger charge is -2.49. The van der Waals surface area contributed by atoms with Gasteiger partial charge in [-0.1, -0.05) is 23.2 Å². The fraction of sp³-hybridized carbons (Fsp3) is 0.556. The van der Waals surface area contributed by atoms with Gasteiger partial charge in [-0.25, -0.2) is 4.98 Å². The molecule has 1 aliphatic carbocycles. The smallest absolute Gasteiger partial charge is 0.370 e. The molecule has 1 saturated carbocycles. The van der Waals surface area contributed by atoms with E-state index in [2.05, 4.69) is 9.88 Å². The summed E-state index contributed by atoms with van der Waals surface area (Å²) < 4.78 is 40.6. The Kier molecular flexibility index (Phi) is 3.95. The number of carbonyl (C=O) groups is 1. The summed E-state index contributed by atoms with van der Waals surface area (Å²) >= 11 is 14.0. The van der Waals surface area contributed by atoms with Crippen LogP contribution < -0.4 is 4.90 Å². The number of hydrogen-bond acceptors (Lipinski definition) is 4. The van der Waals surface area contributed by atoms with E-state index in [0.717, 1.165) is 23.4 Å². The van der Waals surface area contributed by atoms with Crippen molar-refractivity contribution in [2.75, 3.05) is 31.1 Å². The van der Waals surface area contributed by atoms with Crippen LogP contribution in [-0.4, -0.2) is 48.1 Å². The molecule has 1 spiro atoms. The van der Waals surface area contributed by atoms with Crippen LogP contribution in [0, 0.1) is 10.8 Å². The molecule has 2 aromatic rings. The van der Waals surface area contributed by atoms with Gasteiger partial charge in [0.15, 0.2) is 0 Å². The normalized spacial score (nSPS) is 22.8. The molecule has 2 aliphatic heterocycles. The summed E-state index contributed by atoms with van der Waals surface area (Å²) in [5.74, 6) is -0.747. The molecule has 1 aromatic carbocycles. The molecular formula is C18H16Cl2F3N3OS. The van der Waals surface area contributed by atoms with E-state index in [-0.39, 0.29) is 18.3 Å². The van der Waals surface area contributed by atoms with Crippen LogP contribution in [0.1, 0.15) is 19.3 Å². The third-order valence-corrected chi connectivity index (χ3v) is 7.93. The van der Waals surface area contributed by atoms with Gasteiger partial charge in [0.05, 0.1) is 25.9 Å². The molecule has 150 valence electrons. The fourth-order valence-corrected chi connectivity index (χ4v) is 5.82. The van der Waals surface area contributed by atoms with Crippen molar-refractivity contribution in [1.82, 2.24) is 9.88 Å². The van der Waals surface area contributed by atoms with E-state index >= 15 is 0 Å². The van der Waals surface area contributed by atoms with Crippen molar-refractivity contribution in [3.63, 3.8) is 0 Å². The molecule has 4 nitrogen and oxygen atoms in total. The highest BCUT2D eigenvalue weighted by atomic mass is 35.5. The van der Waals surface area contributed by atoms with Crippen LogP contribution in [0.2, 0.25) is 10.0 Å². The van der Waals surface area contributed by atoms with Crippen molar-refractivity contribution < 1.29 is 18.0 Å². The van der Waals surface area contributed by atoms with Gasteiger partial charge < -0.3 is 9.80 Å². The molecule has 2 saturated heterocycles. The van der Waals surface area contributed by atoms with E-state index in [0.29, 0.717) is 35.2 Å². The Hall–Kier alpha value is -1.25. The fourth-order valence-electron chi connectivity index (χ4n) is 4.53. The second-order valence-electron chi connectivity index (χ2n) is 8.13. The highest BCUT2D eigenvalue weighted by Crippen LogP contribution is 2.60. The van der Waals surface area contributed by atoms with E-state index in [1.165, 1.54) is 16.2 Å². The molecule has 0 unspecified atom stereocenters. The molecule has 5 rings (SSSR count). The molecule has 28 heavy (non-hydrogen) atoms. The number of likely N-dealkylation sites (tertiary alicyclic amines) is 1. The summed E-state index contributed by atoms with van der Waals surface area (Å²) in [7, 11) is 0. The molecule has 1 aromatic heterocycles. The van der Waals surface area contributed by atoms with Crippen molar-refractivity contribution in [2.45, 2.75) is 25.4 Å².